The molecule has 0 amide bonds. The summed E-state index contributed by atoms with van der Waals surface area (Å²) < 4.78 is 0. The van der Waals surface area contributed by atoms with Gasteiger partial charge in [-0.2, -0.15) is 0 Å². The van der Waals surface area contributed by atoms with E-state index in [1.54, 1.807) is 13.0 Å². The van der Waals surface area contributed by atoms with Gasteiger partial charge in [0.15, 0.2) is 5.78 Å². The molecule has 0 saturated heterocycles. The Hall–Kier alpha value is -3.54. The van der Waals surface area contributed by atoms with E-state index in [1.165, 1.54) is 6.33 Å². The fourth-order valence-corrected chi connectivity index (χ4v) is 2.77. The van der Waals surface area contributed by atoms with Crippen molar-refractivity contribution in [3.8, 4) is 11.3 Å². The molecule has 0 bridgehead atoms. The van der Waals surface area contributed by atoms with Gasteiger partial charge in [0.25, 0.3) is 0 Å². The van der Waals surface area contributed by atoms with Gasteiger partial charge in [0.2, 0.25) is 0 Å². The van der Waals surface area contributed by atoms with Crippen LogP contribution in [0.2, 0.25) is 0 Å². The molecule has 0 unspecified atom stereocenters. The molecule has 0 saturated carbocycles. The van der Waals surface area contributed by atoms with E-state index in [2.05, 4.69) is 25.3 Å². The van der Waals surface area contributed by atoms with Crippen LogP contribution in [0.15, 0.2) is 60.9 Å². The molecule has 6 nitrogen and oxygen atoms in total. The number of Topliss-reactive ketones (excluding diaryl/α,β-unsaturated/α-hetero) is 1. The summed E-state index contributed by atoms with van der Waals surface area (Å²) in [5.74, 6) is 1.57. The molecule has 4 aromatic rings. The molecule has 128 valence electrons. The van der Waals surface area contributed by atoms with Crippen molar-refractivity contribution in [2.24, 2.45) is 0 Å². The number of aromatic amines is 1. The summed E-state index contributed by atoms with van der Waals surface area (Å²) >= 11 is 0. The normalized spacial score (nSPS) is 10.8. The predicted molar refractivity (Wildman–Crippen MR) is 101 cm³/mol. The fraction of sp³-hybridized carbons (Fsp3) is 0.100. The van der Waals surface area contributed by atoms with Crippen LogP contribution in [-0.2, 0) is 6.54 Å². The summed E-state index contributed by atoms with van der Waals surface area (Å²) in [5.41, 5.74) is 4.25. The van der Waals surface area contributed by atoms with Crippen LogP contribution in [0, 0.1) is 0 Å². The standard InChI is InChI=1S/C20H17N5O/c1-13(26)14-5-4-6-15(9-14)18-10-19(23-12-22-18)21-11-20-24-16-7-2-3-8-17(16)25-20/h2-10,12H,11H2,1H3,(H,24,25)(H,21,22,23). The third kappa shape index (κ3) is 3.30. The molecule has 0 aliphatic carbocycles. The second kappa shape index (κ2) is 6.76. The highest BCUT2D eigenvalue weighted by Crippen LogP contribution is 2.20. The van der Waals surface area contributed by atoms with Gasteiger partial charge in [-0.1, -0.05) is 30.3 Å². The number of carbonyl (C=O) groups is 1. The number of nitrogens with zero attached hydrogens (tertiary/aromatic N) is 3. The molecule has 2 heterocycles. The van der Waals surface area contributed by atoms with E-state index < -0.39 is 0 Å². The Labute approximate surface area is 150 Å². The number of aromatic nitrogens is 4. The van der Waals surface area contributed by atoms with Crippen LogP contribution >= 0.6 is 0 Å². The van der Waals surface area contributed by atoms with E-state index in [4.69, 9.17) is 0 Å². The highest BCUT2D eigenvalue weighted by atomic mass is 16.1. The number of carbonyl (C=O) groups excluding carboxylic acids is 1. The number of imidazole rings is 1. The van der Waals surface area contributed by atoms with Gasteiger partial charge in [0, 0.05) is 17.2 Å². The molecule has 26 heavy (non-hydrogen) atoms. The van der Waals surface area contributed by atoms with E-state index in [9.17, 15) is 4.79 Å². The minimum Gasteiger partial charge on any atom is -0.363 e. The summed E-state index contributed by atoms with van der Waals surface area (Å²) in [6, 6.07) is 17.2. The van der Waals surface area contributed by atoms with E-state index in [0.29, 0.717) is 17.9 Å². The molecule has 2 aromatic heterocycles. The van der Waals surface area contributed by atoms with Gasteiger partial charge in [-0.05, 0) is 25.1 Å². The van der Waals surface area contributed by atoms with Gasteiger partial charge in [-0.3, -0.25) is 4.79 Å². The maximum absolute atomic E-state index is 11.6. The van der Waals surface area contributed by atoms with Gasteiger partial charge in [0.1, 0.15) is 18.0 Å². The summed E-state index contributed by atoms with van der Waals surface area (Å²) in [6.07, 6.45) is 1.51. The molecule has 0 aliphatic heterocycles. The minimum absolute atomic E-state index is 0.0316. The zero-order chi connectivity index (χ0) is 17.9. The minimum atomic E-state index is 0.0316. The number of para-hydroxylation sites is 2. The molecule has 2 aromatic carbocycles. The van der Waals surface area contributed by atoms with Gasteiger partial charge < -0.3 is 10.3 Å². The number of hydrogen-bond donors (Lipinski definition) is 2. The van der Waals surface area contributed by atoms with Gasteiger partial charge in [0.05, 0.1) is 23.3 Å². The Balaban J connectivity index is 1.54. The van der Waals surface area contributed by atoms with Gasteiger partial charge >= 0.3 is 0 Å². The molecule has 4 rings (SSSR count). The van der Waals surface area contributed by atoms with E-state index in [-0.39, 0.29) is 5.78 Å². The maximum Gasteiger partial charge on any atom is 0.159 e. The zero-order valence-electron chi connectivity index (χ0n) is 14.2. The number of benzene rings is 2. The Morgan fingerprint density at radius 2 is 1.96 bits per heavy atom. The number of rotatable bonds is 5. The van der Waals surface area contributed by atoms with E-state index >= 15 is 0 Å². The second-order valence-corrected chi connectivity index (χ2v) is 5.98. The first-order valence-corrected chi connectivity index (χ1v) is 8.30. The van der Waals surface area contributed by atoms with E-state index in [1.807, 2.05) is 48.5 Å². The number of fused-ring (bicyclic) bond motifs is 1. The summed E-state index contributed by atoms with van der Waals surface area (Å²) in [4.78, 5) is 28.0. The number of nitrogens with one attached hydrogen (secondary N) is 2. The monoisotopic (exact) mass is 343 g/mol. The topological polar surface area (TPSA) is 83.6 Å². The van der Waals surface area contributed by atoms with Crippen molar-refractivity contribution >= 4 is 22.6 Å². The lowest BCUT2D eigenvalue weighted by Gasteiger charge is -2.06. The van der Waals surface area contributed by atoms with Crippen molar-refractivity contribution in [2.45, 2.75) is 13.5 Å². The maximum atomic E-state index is 11.6. The Morgan fingerprint density at radius 3 is 2.81 bits per heavy atom. The van der Waals surface area contributed by atoms with E-state index in [0.717, 1.165) is 28.1 Å². The number of hydrogen-bond acceptors (Lipinski definition) is 5. The lowest BCUT2D eigenvalue weighted by molar-refractivity contribution is 0.101. The predicted octanol–water partition coefficient (Wildman–Crippen LogP) is 3.83. The van der Waals surface area contributed by atoms with Crippen molar-refractivity contribution in [1.29, 1.82) is 0 Å². The third-order valence-electron chi connectivity index (χ3n) is 4.11. The lowest BCUT2D eigenvalue weighted by Crippen LogP contribution is -2.03. The van der Waals surface area contributed by atoms with Crippen LogP contribution in [-0.4, -0.2) is 25.7 Å². The van der Waals surface area contributed by atoms with Crippen molar-refractivity contribution in [3.05, 3.63) is 72.3 Å². The van der Waals surface area contributed by atoms with Gasteiger partial charge in [-0.25, -0.2) is 15.0 Å². The van der Waals surface area contributed by atoms with Crippen LogP contribution in [0.25, 0.3) is 22.3 Å². The summed E-state index contributed by atoms with van der Waals surface area (Å²) in [7, 11) is 0. The number of ketones is 1. The number of H-pyrrole nitrogens is 1. The highest BCUT2D eigenvalue weighted by Gasteiger charge is 2.06. The van der Waals surface area contributed by atoms with Crippen molar-refractivity contribution in [1.82, 2.24) is 19.9 Å². The fourth-order valence-electron chi connectivity index (χ4n) is 2.77. The Bertz CT molecular complexity index is 1050. The Morgan fingerprint density at radius 1 is 1.08 bits per heavy atom. The molecular formula is C20H17N5O. The third-order valence-corrected chi connectivity index (χ3v) is 4.11. The SMILES string of the molecule is CC(=O)c1cccc(-c2cc(NCc3nc4ccccc4[nH]3)ncn2)c1. The average Bonchev–Trinajstić information content (AvgIpc) is 3.10. The molecule has 0 spiro atoms. The first kappa shape index (κ1) is 16.0. The van der Waals surface area contributed by atoms with Crippen LogP contribution < -0.4 is 5.32 Å². The van der Waals surface area contributed by atoms with Crippen molar-refractivity contribution in [2.75, 3.05) is 5.32 Å². The average molecular weight is 343 g/mol. The molecule has 0 radical (unpaired) electrons. The molecular weight excluding hydrogens is 326 g/mol. The van der Waals surface area contributed by atoms with Crippen LogP contribution in [0.1, 0.15) is 23.1 Å². The first-order valence-electron chi connectivity index (χ1n) is 8.30. The molecule has 0 aliphatic rings. The van der Waals surface area contributed by atoms with Crippen LogP contribution in [0.5, 0.6) is 0 Å². The first-order chi connectivity index (χ1) is 12.7. The van der Waals surface area contributed by atoms with Crippen LogP contribution in [0.4, 0.5) is 5.82 Å². The summed E-state index contributed by atoms with van der Waals surface area (Å²) in [6.45, 7) is 2.08. The van der Waals surface area contributed by atoms with Gasteiger partial charge in [-0.15, -0.1) is 0 Å². The molecule has 2 N–H and O–H groups in total. The number of anilines is 1. The highest BCUT2D eigenvalue weighted by molar-refractivity contribution is 5.95. The molecule has 0 fully saturated rings. The zero-order valence-corrected chi connectivity index (χ0v) is 14.2. The van der Waals surface area contributed by atoms with Crippen molar-refractivity contribution < 1.29 is 4.79 Å². The lowest BCUT2D eigenvalue weighted by atomic mass is 10.1. The second-order valence-electron chi connectivity index (χ2n) is 5.98. The smallest absolute Gasteiger partial charge is 0.159 e. The molecule has 0 atom stereocenters. The van der Waals surface area contributed by atoms with Crippen molar-refractivity contribution in [3.63, 3.8) is 0 Å². The Kier molecular flexibility index (Phi) is 4.15. The molecule has 6 heteroatoms. The largest absolute Gasteiger partial charge is 0.363 e. The quantitative estimate of drug-likeness (QED) is 0.538. The van der Waals surface area contributed by atoms with Crippen LogP contribution in [0.3, 0.4) is 0 Å². The summed E-state index contributed by atoms with van der Waals surface area (Å²) in [5, 5.41) is 3.26.